The van der Waals surface area contributed by atoms with Crippen LogP contribution >= 0.6 is 28.3 Å². The summed E-state index contributed by atoms with van der Waals surface area (Å²) in [7, 11) is 1.70. The van der Waals surface area contributed by atoms with Crippen LogP contribution in [0.2, 0.25) is 0 Å². The number of hydrogen-bond acceptors (Lipinski definition) is 2. The Morgan fingerprint density at radius 2 is 2.06 bits per heavy atom. The van der Waals surface area contributed by atoms with Crippen molar-refractivity contribution in [2.75, 3.05) is 7.05 Å². The molecule has 88 valence electrons. The summed E-state index contributed by atoms with van der Waals surface area (Å²) in [6.07, 6.45) is 0.667. The Morgan fingerprint density at radius 3 is 2.44 bits per heavy atom. The number of halogens is 2. The van der Waals surface area contributed by atoms with Gasteiger partial charge in [-0.05, 0) is 31.2 Å². The summed E-state index contributed by atoms with van der Waals surface area (Å²) in [5.74, 6) is -0.675. The highest BCUT2D eigenvalue weighted by Gasteiger charge is 2.60. The number of carboxylic acid groups (broad SMARTS) is 1. The van der Waals surface area contributed by atoms with Gasteiger partial charge in [-0.1, -0.05) is 28.1 Å². The average molecular weight is 307 g/mol. The molecule has 0 heterocycles. The van der Waals surface area contributed by atoms with Crippen LogP contribution in [-0.2, 0) is 4.79 Å². The number of aliphatic carboxylic acids is 1. The normalized spacial score (nSPS) is 27.0. The van der Waals surface area contributed by atoms with E-state index in [4.69, 9.17) is 5.11 Å². The second-order valence-corrected chi connectivity index (χ2v) is 4.75. The molecule has 3 nitrogen and oxygen atoms in total. The third-order valence-electron chi connectivity index (χ3n) is 3.06. The lowest BCUT2D eigenvalue weighted by atomic mass is 10.1. The quantitative estimate of drug-likeness (QED) is 0.901. The fourth-order valence-electron chi connectivity index (χ4n) is 1.98. The number of rotatable bonds is 3. The second kappa shape index (κ2) is 4.73. The topological polar surface area (TPSA) is 49.3 Å². The highest BCUT2D eigenvalue weighted by atomic mass is 79.9. The SMILES string of the molecule is CNC1(C(=O)O)CC1c1ccc(Br)cc1.Cl. The fourth-order valence-corrected chi connectivity index (χ4v) is 2.24. The van der Waals surface area contributed by atoms with Crippen LogP contribution in [0.5, 0.6) is 0 Å². The van der Waals surface area contributed by atoms with Crippen LogP contribution in [0.1, 0.15) is 17.9 Å². The number of carboxylic acids is 1. The van der Waals surface area contributed by atoms with Gasteiger partial charge in [0.15, 0.2) is 0 Å². The van der Waals surface area contributed by atoms with E-state index in [9.17, 15) is 4.79 Å². The van der Waals surface area contributed by atoms with Gasteiger partial charge in [0, 0.05) is 10.4 Å². The van der Waals surface area contributed by atoms with Crippen molar-refractivity contribution in [3.63, 3.8) is 0 Å². The van der Waals surface area contributed by atoms with Crippen molar-refractivity contribution in [2.24, 2.45) is 0 Å². The third kappa shape index (κ3) is 2.10. The lowest BCUT2D eigenvalue weighted by Gasteiger charge is -2.10. The van der Waals surface area contributed by atoms with E-state index in [2.05, 4.69) is 21.2 Å². The summed E-state index contributed by atoms with van der Waals surface area (Å²) in [5, 5.41) is 12.0. The van der Waals surface area contributed by atoms with Crippen LogP contribution in [0.25, 0.3) is 0 Å². The second-order valence-electron chi connectivity index (χ2n) is 3.83. The first-order valence-corrected chi connectivity index (χ1v) is 5.57. The maximum absolute atomic E-state index is 11.1. The van der Waals surface area contributed by atoms with Crippen LogP contribution in [0, 0.1) is 0 Å². The van der Waals surface area contributed by atoms with Gasteiger partial charge in [-0.15, -0.1) is 12.4 Å². The Bertz CT molecular complexity index is 395. The van der Waals surface area contributed by atoms with E-state index in [1.54, 1.807) is 7.05 Å². The van der Waals surface area contributed by atoms with Crippen molar-refractivity contribution in [1.29, 1.82) is 0 Å². The molecule has 1 aliphatic rings. The Labute approximate surface area is 109 Å². The van der Waals surface area contributed by atoms with Gasteiger partial charge in [0.05, 0.1) is 0 Å². The highest BCUT2D eigenvalue weighted by molar-refractivity contribution is 9.10. The van der Waals surface area contributed by atoms with Crippen molar-refractivity contribution >= 4 is 34.3 Å². The molecule has 1 saturated carbocycles. The molecule has 16 heavy (non-hydrogen) atoms. The number of carbonyl (C=O) groups is 1. The predicted molar refractivity (Wildman–Crippen MR) is 68.2 cm³/mol. The van der Waals surface area contributed by atoms with Crippen LogP contribution < -0.4 is 5.32 Å². The monoisotopic (exact) mass is 305 g/mol. The summed E-state index contributed by atoms with van der Waals surface area (Å²) < 4.78 is 1.01. The van der Waals surface area contributed by atoms with E-state index in [1.807, 2.05) is 24.3 Å². The zero-order valence-corrected chi connectivity index (χ0v) is 11.1. The van der Waals surface area contributed by atoms with Crippen LogP contribution in [0.15, 0.2) is 28.7 Å². The van der Waals surface area contributed by atoms with Gasteiger partial charge in [0.1, 0.15) is 5.54 Å². The first-order valence-electron chi connectivity index (χ1n) is 4.78. The molecular weight excluding hydrogens is 293 g/mol. The van der Waals surface area contributed by atoms with E-state index in [0.717, 1.165) is 10.0 Å². The highest BCUT2D eigenvalue weighted by Crippen LogP contribution is 2.51. The zero-order chi connectivity index (χ0) is 11.1. The molecule has 0 aromatic heterocycles. The molecular formula is C11H13BrClNO2. The minimum absolute atomic E-state index is 0. The molecule has 0 amide bonds. The molecule has 2 rings (SSSR count). The number of hydrogen-bond donors (Lipinski definition) is 2. The van der Waals surface area contributed by atoms with Crippen LogP contribution in [0.3, 0.4) is 0 Å². The molecule has 1 aliphatic carbocycles. The Hall–Kier alpha value is -0.580. The minimum Gasteiger partial charge on any atom is -0.480 e. The molecule has 1 aromatic rings. The van der Waals surface area contributed by atoms with E-state index >= 15 is 0 Å². The van der Waals surface area contributed by atoms with Crippen molar-refractivity contribution < 1.29 is 9.90 Å². The number of benzene rings is 1. The molecule has 1 fully saturated rings. The maximum atomic E-state index is 11.1. The molecule has 1 aromatic carbocycles. The summed E-state index contributed by atoms with van der Waals surface area (Å²) in [4.78, 5) is 11.1. The lowest BCUT2D eigenvalue weighted by Crippen LogP contribution is -2.38. The zero-order valence-electron chi connectivity index (χ0n) is 8.74. The van der Waals surface area contributed by atoms with Crippen LogP contribution in [0.4, 0.5) is 0 Å². The standard InChI is InChI=1S/C11H12BrNO2.ClH/c1-13-11(10(14)15)6-9(11)7-2-4-8(12)5-3-7;/h2-5,9,13H,6H2,1H3,(H,14,15);1H. The van der Waals surface area contributed by atoms with E-state index in [-0.39, 0.29) is 18.3 Å². The van der Waals surface area contributed by atoms with Gasteiger partial charge in [0.25, 0.3) is 0 Å². The molecule has 5 heteroatoms. The van der Waals surface area contributed by atoms with E-state index in [1.165, 1.54) is 0 Å². The first kappa shape index (κ1) is 13.5. The van der Waals surface area contributed by atoms with E-state index < -0.39 is 11.5 Å². The van der Waals surface area contributed by atoms with Gasteiger partial charge >= 0.3 is 5.97 Å². The molecule has 2 unspecified atom stereocenters. The molecule has 0 spiro atoms. The van der Waals surface area contributed by atoms with Gasteiger partial charge in [0.2, 0.25) is 0 Å². The van der Waals surface area contributed by atoms with Crippen molar-refractivity contribution in [2.45, 2.75) is 17.9 Å². The average Bonchev–Trinajstić information content (AvgIpc) is 2.95. The van der Waals surface area contributed by atoms with Gasteiger partial charge < -0.3 is 10.4 Å². The van der Waals surface area contributed by atoms with Crippen LogP contribution in [-0.4, -0.2) is 23.7 Å². The van der Waals surface area contributed by atoms with Gasteiger partial charge in [-0.3, -0.25) is 4.79 Å². The summed E-state index contributed by atoms with van der Waals surface area (Å²) in [6.45, 7) is 0. The van der Waals surface area contributed by atoms with Crippen molar-refractivity contribution in [1.82, 2.24) is 5.32 Å². The van der Waals surface area contributed by atoms with E-state index in [0.29, 0.717) is 6.42 Å². The predicted octanol–water partition coefficient (Wildman–Crippen LogP) is 2.40. The summed E-state index contributed by atoms with van der Waals surface area (Å²) in [6, 6.07) is 7.82. The molecule has 0 bridgehead atoms. The molecule has 0 saturated heterocycles. The molecule has 0 aliphatic heterocycles. The smallest absolute Gasteiger partial charge is 0.324 e. The third-order valence-corrected chi connectivity index (χ3v) is 3.59. The van der Waals surface area contributed by atoms with Gasteiger partial charge in [-0.25, -0.2) is 0 Å². The van der Waals surface area contributed by atoms with Gasteiger partial charge in [-0.2, -0.15) is 0 Å². The summed E-state index contributed by atoms with van der Waals surface area (Å²) >= 11 is 3.36. The number of nitrogens with one attached hydrogen (secondary N) is 1. The summed E-state index contributed by atoms with van der Waals surface area (Å²) in [5.41, 5.74) is 0.336. The maximum Gasteiger partial charge on any atom is 0.324 e. The Kier molecular flexibility index (Phi) is 3.99. The molecule has 2 atom stereocenters. The molecule has 0 radical (unpaired) electrons. The minimum atomic E-state index is -0.766. The Balaban J connectivity index is 0.00000128. The van der Waals surface area contributed by atoms with Crippen molar-refractivity contribution in [3.05, 3.63) is 34.3 Å². The van der Waals surface area contributed by atoms with Crippen molar-refractivity contribution in [3.8, 4) is 0 Å². The Morgan fingerprint density at radius 1 is 1.50 bits per heavy atom. The lowest BCUT2D eigenvalue weighted by molar-refractivity contribution is -0.140. The molecule has 2 N–H and O–H groups in total. The fraction of sp³-hybridized carbons (Fsp3) is 0.364. The first-order chi connectivity index (χ1) is 7.10. The number of likely N-dealkylation sites (N-methyl/N-ethyl adjacent to an activating group) is 1. The largest absolute Gasteiger partial charge is 0.480 e.